The molecule has 1 aromatic carbocycles. The third-order valence-electron chi connectivity index (χ3n) is 3.42. The highest BCUT2D eigenvalue weighted by Crippen LogP contribution is 2.27. The molecule has 0 saturated carbocycles. The Morgan fingerprint density at radius 1 is 1.57 bits per heavy atom. The fraction of sp³-hybridized carbons (Fsp3) is 0.385. The molecule has 1 fully saturated rings. The third-order valence-corrected chi connectivity index (χ3v) is 3.42. The fourth-order valence-corrected chi connectivity index (χ4v) is 2.37. The number of benzene rings is 1. The van der Waals surface area contributed by atoms with E-state index in [0.29, 0.717) is 24.3 Å². The zero-order valence-corrected chi connectivity index (χ0v) is 11.4. The van der Waals surface area contributed by atoms with Crippen LogP contribution in [0.5, 0.6) is 0 Å². The molecule has 0 spiro atoms. The number of anilines is 1. The first-order valence-electron chi connectivity index (χ1n) is 6.41. The number of carboxylic acids is 1. The van der Waals surface area contributed by atoms with Crippen molar-refractivity contribution < 1.29 is 19.6 Å². The van der Waals surface area contributed by atoms with Gasteiger partial charge in [-0.05, 0) is 13.0 Å². The second kappa shape index (κ2) is 5.78. The molecule has 0 radical (unpaired) electrons. The van der Waals surface area contributed by atoms with Gasteiger partial charge >= 0.3 is 5.97 Å². The number of hydrogen-bond acceptors (Lipinski definition) is 5. The standard InChI is InChI=1S/C13H15N3O5/c1-8-2-3-9(6-10(8)16(20)21)15-5-4-14-13(19)11(15)7-12(17)18/h2-3,6,11H,4-5,7H2,1H3,(H,14,19)(H,17,18). The molecule has 1 aromatic rings. The molecule has 0 aromatic heterocycles. The number of nitro benzene ring substituents is 1. The minimum Gasteiger partial charge on any atom is -0.481 e. The molecule has 2 N–H and O–H groups in total. The smallest absolute Gasteiger partial charge is 0.305 e. The first-order chi connectivity index (χ1) is 9.90. The Kier molecular flexibility index (Phi) is 4.06. The summed E-state index contributed by atoms with van der Waals surface area (Å²) in [6.07, 6.45) is -0.354. The van der Waals surface area contributed by atoms with Crippen molar-refractivity contribution in [2.24, 2.45) is 0 Å². The summed E-state index contributed by atoms with van der Waals surface area (Å²) in [5, 5.41) is 22.5. The van der Waals surface area contributed by atoms with Crippen molar-refractivity contribution in [2.75, 3.05) is 18.0 Å². The van der Waals surface area contributed by atoms with Crippen molar-refractivity contribution in [3.63, 3.8) is 0 Å². The molecule has 0 aliphatic carbocycles. The molecule has 112 valence electrons. The minimum absolute atomic E-state index is 0.0486. The Balaban J connectivity index is 2.37. The van der Waals surface area contributed by atoms with E-state index in [1.165, 1.54) is 6.07 Å². The quantitative estimate of drug-likeness (QED) is 0.623. The van der Waals surface area contributed by atoms with Gasteiger partial charge in [0.25, 0.3) is 5.69 Å². The van der Waals surface area contributed by atoms with Crippen LogP contribution < -0.4 is 10.2 Å². The zero-order chi connectivity index (χ0) is 15.6. The molecule has 8 nitrogen and oxygen atoms in total. The fourth-order valence-electron chi connectivity index (χ4n) is 2.37. The monoisotopic (exact) mass is 293 g/mol. The van der Waals surface area contributed by atoms with Gasteiger partial charge in [0.05, 0.1) is 11.3 Å². The van der Waals surface area contributed by atoms with E-state index in [9.17, 15) is 19.7 Å². The molecule has 1 aliphatic heterocycles. The van der Waals surface area contributed by atoms with E-state index in [4.69, 9.17) is 5.11 Å². The predicted molar refractivity (Wildman–Crippen MR) is 74.2 cm³/mol. The van der Waals surface area contributed by atoms with Crippen molar-refractivity contribution in [1.82, 2.24) is 5.32 Å². The minimum atomic E-state index is -1.09. The van der Waals surface area contributed by atoms with E-state index in [1.54, 1.807) is 24.0 Å². The second-order valence-corrected chi connectivity index (χ2v) is 4.83. The summed E-state index contributed by atoms with van der Waals surface area (Å²) in [5.74, 6) is -1.48. The summed E-state index contributed by atoms with van der Waals surface area (Å²) in [6, 6.07) is 3.77. The Labute approximate surface area is 120 Å². The number of aryl methyl sites for hydroxylation is 1. The van der Waals surface area contributed by atoms with Crippen LogP contribution in [0.15, 0.2) is 18.2 Å². The molecular formula is C13H15N3O5. The zero-order valence-electron chi connectivity index (χ0n) is 11.4. The van der Waals surface area contributed by atoms with Crippen molar-refractivity contribution in [2.45, 2.75) is 19.4 Å². The normalized spacial score (nSPS) is 18.2. The van der Waals surface area contributed by atoms with E-state index in [-0.39, 0.29) is 18.0 Å². The average molecular weight is 293 g/mol. The van der Waals surface area contributed by atoms with Crippen LogP contribution in [0.25, 0.3) is 0 Å². The number of piperazine rings is 1. The number of nitrogens with one attached hydrogen (secondary N) is 1. The molecule has 2 rings (SSSR count). The summed E-state index contributed by atoms with van der Waals surface area (Å²) in [7, 11) is 0. The highest BCUT2D eigenvalue weighted by Gasteiger charge is 2.32. The number of carbonyl (C=O) groups excluding carboxylic acids is 1. The van der Waals surface area contributed by atoms with E-state index in [1.807, 2.05) is 0 Å². The highest BCUT2D eigenvalue weighted by molar-refractivity contribution is 5.90. The lowest BCUT2D eigenvalue weighted by Gasteiger charge is -2.36. The largest absolute Gasteiger partial charge is 0.481 e. The summed E-state index contributed by atoms with van der Waals surface area (Å²) >= 11 is 0. The van der Waals surface area contributed by atoms with Gasteiger partial charge in [0, 0.05) is 30.4 Å². The van der Waals surface area contributed by atoms with Crippen LogP contribution in [0.1, 0.15) is 12.0 Å². The van der Waals surface area contributed by atoms with Crippen LogP contribution >= 0.6 is 0 Å². The highest BCUT2D eigenvalue weighted by atomic mass is 16.6. The topological polar surface area (TPSA) is 113 Å². The lowest BCUT2D eigenvalue weighted by Crippen LogP contribution is -2.56. The number of rotatable bonds is 4. The lowest BCUT2D eigenvalue weighted by atomic mass is 10.1. The Morgan fingerprint density at radius 3 is 2.90 bits per heavy atom. The van der Waals surface area contributed by atoms with Gasteiger partial charge in [0.1, 0.15) is 6.04 Å². The van der Waals surface area contributed by atoms with E-state index in [2.05, 4.69) is 5.32 Å². The van der Waals surface area contributed by atoms with Crippen molar-refractivity contribution >= 4 is 23.3 Å². The van der Waals surface area contributed by atoms with Gasteiger partial charge in [-0.25, -0.2) is 0 Å². The van der Waals surface area contributed by atoms with Gasteiger partial charge in [-0.3, -0.25) is 19.7 Å². The number of carbonyl (C=O) groups is 2. The molecule has 1 heterocycles. The van der Waals surface area contributed by atoms with Gasteiger partial charge in [-0.15, -0.1) is 0 Å². The van der Waals surface area contributed by atoms with Gasteiger partial charge in [0.15, 0.2) is 0 Å². The van der Waals surface area contributed by atoms with E-state index >= 15 is 0 Å². The number of carboxylic acid groups (broad SMARTS) is 1. The molecule has 1 atom stereocenters. The van der Waals surface area contributed by atoms with Crippen LogP contribution in [0.2, 0.25) is 0 Å². The van der Waals surface area contributed by atoms with Crippen LogP contribution in [-0.2, 0) is 9.59 Å². The SMILES string of the molecule is Cc1ccc(N2CCNC(=O)C2CC(=O)O)cc1[N+](=O)[O-]. The van der Waals surface area contributed by atoms with E-state index in [0.717, 1.165) is 0 Å². The number of hydrogen-bond donors (Lipinski definition) is 2. The molecule has 1 unspecified atom stereocenters. The van der Waals surface area contributed by atoms with Gasteiger partial charge in [-0.1, -0.05) is 6.07 Å². The van der Waals surface area contributed by atoms with Gasteiger partial charge < -0.3 is 15.3 Å². The number of amides is 1. The lowest BCUT2D eigenvalue weighted by molar-refractivity contribution is -0.385. The Hall–Kier alpha value is -2.64. The second-order valence-electron chi connectivity index (χ2n) is 4.83. The number of nitro groups is 1. The van der Waals surface area contributed by atoms with E-state index < -0.39 is 16.9 Å². The van der Waals surface area contributed by atoms with Crippen LogP contribution in [0.4, 0.5) is 11.4 Å². The summed E-state index contributed by atoms with van der Waals surface area (Å²) < 4.78 is 0. The van der Waals surface area contributed by atoms with Crippen LogP contribution in [-0.4, -0.2) is 41.0 Å². The summed E-state index contributed by atoms with van der Waals surface area (Å²) in [5.41, 5.74) is 0.945. The summed E-state index contributed by atoms with van der Waals surface area (Å²) in [4.78, 5) is 34.9. The van der Waals surface area contributed by atoms with Crippen molar-refractivity contribution in [3.05, 3.63) is 33.9 Å². The van der Waals surface area contributed by atoms with Gasteiger partial charge in [-0.2, -0.15) is 0 Å². The number of aliphatic carboxylic acids is 1. The molecular weight excluding hydrogens is 278 g/mol. The Bertz CT molecular complexity index is 601. The maximum atomic E-state index is 11.8. The maximum absolute atomic E-state index is 11.8. The molecule has 0 bridgehead atoms. The number of nitrogens with zero attached hydrogens (tertiary/aromatic N) is 2. The van der Waals surface area contributed by atoms with Gasteiger partial charge in [0.2, 0.25) is 5.91 Å². The summed E-state index contributed by atoms with van der Waals surface area (Å²) in [6.45, 7) is 2.40. The maximum Gasteiger partial charge on any atom is 0.305 e. The molecule has 8 heteroatoms. The average Bonchev–Trinajstić information content (AvgIpc) is 2.41. The third kappa shape index (κ3) is 3.10. The van der Waals surface area contributed by atoms with Crippen molar-refractivity contribution in [1.29, 1.82) is 0 Å². The van der Waals surface area contributed by atoms with Crippen molar-refractivity contribution in [3.8, 4) is 0 Å². The molecule has 1 saturated heterocycles. The van der Waals surface area contributed by atoms with Crippen LogP contribution in [0.3, 0.4) is 0 Å². The first-order valence-corrected chi connectivity index (χ1v) is 6.41. The first kappa shape index (κ1) is 14.8. The molecule has 21 heavy (non-hydrogen) atoms. The predicted octanol–water partition coefficient (Wildman–Crippen LogP) is 0.683. The molecule has 1 amide bonds. The molecule has 1 aliphatic rings. The Morgan fingerprint density at radius 2 is 2.29 bits per heavy atom. The van der Waals surface area contributed by atoms with Crippen LogP contribution in [0, 0.1) is 17.0 Å².